The Kier molecular flexibility index (Phi) is 3.08. The molecule has 94 valence electrons. The molecule has 1 aromatic heterocycles. The second kappa shape index (κ2) is 4.89. The average molecular weight is 320 g/mol. The fourth-order valence-electron chi connectivity index (χ4n) is 1.56. The minimum atomic E-state index is -0.486. The summed E-state index contributed by atoms with van der Waals surface area (Å²) in [6.07, 6.45) is 0. The number of hydrogen-bond donors (Lipinski definition) is 0. The van der Waals surface area contributed by atoms with Gasteiger partial charge < -0.3 is 4.74 Å². The first-order valence-corrected chi connectivity index (χ1v) is 6.24. The number of benzene rings is 2. The highest BCUT2D eigenvalue weighted by atomic mass is 79.9. The summed E-state index contributed by atoms with van der Waals surface area (Å²) in [7, 11) is 0. The van der Waals surface area contributed by atoms with Crippen molar-refractivity contribution in [1.82, 2.24) is 15.2 Å². The zero-order valence-electron chi connectivity index (χ0n) is 9.55. The Balaban J connectivity index is 1.98. The minimum Gasteiger partial charge on any atom is -0.420 e. The van der Waals surface area contributed by atoms with E-state index in [4.69, 9.17) is 4.74 Å². The maximum absolute atomic E-state index is 13.5. The van der Waals surface area contributed by atoms with E-state index in [0.717, 1.165) is 0 Å². The first-order chi connectivity index (χ1) is 9.22. The predicted molar refractivity (Wildman–Crippen MR) is 71.5 cm³/mol. The number of fused-ring (bicyclic) bond motifs is 1. The van der Waals surface area contributed by atoms with E-state index in [1.807, 2.05) is 12.1 Å². The third-order valence-electron chi connectivity index (χ3n) is 2.44. The largest absolute Gasteiger partial charge is 0.420 e. The molecule has 4 nitrogen and oxygen atoms in total. The molecule has 3 aromatic rings. The van der Waals surface area contributed by atoms with Crippen LogP contribution in [0, 0.1) is 5.82 Å². The average Bonchev–Trinajstić information content (AvgIpc) is 2.43. The van der Waals surface area contributed by atoms with Crippen LogP contribution < -0.4 is 4.74 Å². The van der Waals surface area contributed by atoms with Gasteiger partial charge in [-0.2, -0.15) is 4.98 Å². The van der Waals surface area contributed by atoms with Gasteiger partial charge in [-0.3, -0.25) is 0 Å². The molecular weight excluding hydrogens is 313 g/mol. The van der Waals surface area contributed by atoms with Crippen LogP contribution in [0.3, 0.4) is 0 Å². The lowest BCUT2D eigenvalue weighted by Crippen LogP contribution is -1.96. The van der Waals surface area contributed by atoms with Crippen LogP contribution in [-0.4, -0.2) is 15.2 Å². The molecule has 0 aliphatic carbocycles. The third-order valence-corrected chi connectivity index (χ3v) is 2.93. The summed E-state index contributed by atoms with van der Waals surface area (Å²) < 4.78 is 19.6. The van der Waals surface area contributed by atoms with Gasteiger partial charge in [0.05, 0.1) is 5.52 Å². The molecule has 0 bridgehead atoms. The Labute approximate surface area is 116 Å². The van der Waals surface area contributed by atoms with Gasteiger partial charge in [-0.25, -0.2) is 4.39 Å². The smallest absolute Gasteiger partial charge is 0.341 e. The lowest BCUT2D eigenvalue weighted by Gasteiger charge is -2.05. The second-order valence-electron chi connectivity index (χ2n) is 3.76. The molecule has 0 spiro atoms. The van der Waals surface area contributed by atoms with Crippen LogP contribution in [0.4, 0.5) is 4.39 Å². The SMILES string of the molecule is Fc1ccc(Br)cc1Oc1nnc2ccccc2n1. The lowest BCUT2D eigenvalue weighted by molar-refractivity contribution is 0.407. The van der Waals surface area contributed by atoms with Crippen molar-refractivity contribution in [3.8, 4) is 11.8 Å². The molecule has 0 aliphatic rings. The summed E-state index contributed by atoms with van der Waals surface area (Å²) in [6.45, 7) is 0. The van der Waals surface area contributed by atoms with Crippen molar-refractivity contribution in [3.05, 3.63) is 52.8 Å². The van der Waals surface area contributed by atoms with E-state index in [0.29, 0.717) is 15.5 Å². The molecule has 3 rings (SSSR count). The zero-order chi connectivity index (χ0) is 13.2. The van der Waals surface area contributed by atoms with Crippen molar-refractivity contribution >= 4 is 27.0 Å². The molecule has 0 aliphatic heterocycles. The summed E-state index contributed by atoms with van der Waals surface area (Å²) in [5, 5.41) is 7.77. The minimum absolute atomic E-state index is 0.00991. The van der Waals surface area contributed by atoms with Gasteiger partial charge in [0, 0.05) is 4.47 Å². The van der Waals surface area contributed by atoms with E-state index in [1.165, 1.54) is 12.1 Å². The standard InChI is InChI=1S/C13H7BrFN3O/c14-8-5-6-9(15)12(7-8)19-13-16-10-3-1-2-4-11(10)17-18-13/h1-7H. The van der Waals surface area contributed by atoms with Gasteiger partial charge in [0.15, 0.2) is 11.6 Å². The van der Waals surface area contributed by atoms with Crippen LogP contribution in [0.5, 0.6) is 11.8 Å². The van der Waals surface area contributed by atoms with E-state index in [9.17, 15) is 4.39 Å². The molecule has 0 unspecified atom stereocenters. The number of halogens is 2. The van der Waals surface area contributed by atoms with E-state index >= 15 is 0 Å². The molecule has 2 aromatic carbocycles. The summed E-state index contributed by atoms with van der Waals surface area (Å²) in [5.74, 6) is -0.439. The Hall–Kier alpha value is -2.08. The summed E-state index contributed by atoms with van der Waals surface area (Å²) in [4.78, 5) is 4.16. The highest BCUT2D eigenvalue weighted by Crippen LogP contribution is 2.25. The molecular formula is C13H7BrFN3O. The molecule has 1 heterocycles. The van der Waals surface area contributed by atoms with E-state index in [-0.39, 0.29) is 11.8 Å². The third kappa shape index (κ3) is 2.53. The Morgan fingerprint density at radius 2 is 1.79 bits per heavy atom. The number of ether oxygens (including phenoxy) is 1. The molecule has 0 amide bonds. The summed E-state index contributed by atoms with van der Waals surface area (Å²) in [5.41, 5.74) is 1.30. The highest BCUT2D eigenvalue weighted by molar-refractivity contribution is 9.10. The molecule has 19 heavy (non-hydrogen) atoms. The van der Waals surface area contributed by atoms with Gasteiger partial charge in [0.2, 0.25) is 0 Å². The van der Waals surface area contributed by atoms with Crippen LogP contribution in [0.2, 0.25) is 0 Å². The van der Waals surface area contributed by atoms with E-state index in [1.54, 1.807) is 18.2 Å². The molecule has 0 N–H and O–H groups in total. The van der Waals surface area contributed by atoms with E-state index in [2.05, 4.69) is 31.1 Å². The second-order valence-corrected chi connectivity index (χ2v) is 4.68. The fraction of sp³-hybridized carbons (Fsp3) is 0. The molecule has 0 fully saturated rings. The highest BCUT2D eigenvalue weighted by Gasteiger charge is 2.08. The first-order valence-electron chi connectivity index (χ1n) is 5.45. The van der Waals surface area contributed by atoms with Crippen molar-refractivity contribution < 1.29 is 9.13 Å². The molecule has 0 saturated carbocycles. The van der Waals surface area contributed by atoms with Gasteiger partial charge >= 0.3 is 6.01 Å². The van der Waals surface area contributed by atoms with Crippen LogP contribution in [0.15, 0.2) is 46.9 Å². The fourth-order valence-corrected chi connectivity index (χ4v) is 1.90. The zero-order valence-corrected chi connectivity index (χ0v) is 11.1. The monoisotopic (exact) mass is 319 g/mol. The topological polar surface area (TPSA) is 47.9 Å². The van der Waals surface area contributed by atoms with Crippen LogP contribution in [-0.2, 0) is 0 Å². The Morgan fingerprint density at radius 3 is 2.63 bits per heavy atom. The first kappa shape index (κ1) is 12.0. The van der Waals surface area contributed by atoms with Crippen LogP contribution in [0.1, 0.15) is 0 Å². The Bertz CT molecular complexity index is 751. The maximum Gasteiger partial charge on any atom is 0.341 e. The van der Waals surface area contributed by atoms with Crippen molar-refractivity contribution in [1.29, 1.82) is 0 Å². The van der Waals surface area contributed by atoms with Crippen LogP contribution in [0.25, 0.3) is 11.0 Å². The van der Waals surface area contributed by atoms with Crippen molar-refractivity contribution in [2.75, 3.05) is 0 Å². The molecule has 0 radical (unpaired) electrons. The van der Waals surface area contributed by atoms with Crippen molar-refractivity contribution in [2.45, 2.75) is 0 Å². The predicted octanol–water partition coefficient (Wildman–Crippen LogP) is 3.72. The quantitative estimate of drug-likeness (QED) is 0.722. The van der Waals surface area contributed by atoms with Gasteiger partial charge in [0.1, 0.15) is 5.52 Å². The molecule has 6 heteroatoms. The number of nitrogens with zero attached hydrogens (tertiary/aromatic N) is 3. The lowest BCUT2D eigenvalue weighted by atomic mass is 10.3. The maximum atomic E-state index is 13.5. The van der Waals surface area contributed by atoms with E-state index < -0.39 is 5.82 Å². The number of hydrogen-bond acceptors (Lipinski definition) is 4. The van der Waals surface area contributed by atoms with Gasteiger partial charge in [0.25, 0.3) is 0 Å². The van der Waals surface area contributed by atoms with Gasteiger partial charge in [-0.1, -0.05) is 33.2 Å². The summed E-state index contributed by atoms with van der Waals surface area (Å²) in [6, 6.07) is 11.7. The van der Waals surface area contributed by atoms with Gasteiger partial charge in [-0.05, 0) is 30.3 Å². The normalized spacial score (nSPS) is 10.6. The van der Waals surface area contributed by atoms with Crippen LogP contribution >= 0.6 is 15.9 Å². The number of para-hydroxylation sites is 1. The van der Waals surface area contributed by atoms with Crippen molar-refractivity contribution in [2.24, 2.45) is 0 Å². The van der Waals surface area contributed by atoms with Gasteiger partial charge in [-0.15, -0.1) is 5.10 Å². The van der Waals surface area contributed by atoms with Crippen molar-refractivity contribution in [3.63, 3.8) is 0 Å². The number of aromatic nitrogens is 3. The number of rotatable bonds is 2. The summed E-state index contributed by atoms with van der Waals surface area (Å²) >= 11 is 3.25. The molecule has 0 atom stereocenters. The molecule has 0 saturated heterocycles. The Morgan fingerprint density at radius 1 is 1.00 bits per heavy atom.